The molecular weight excluding hydrogens is 284 g/mol. The molecule has 3 rings (SSSR count). The molecule has 4 heteroatoms. The van der Waals surface area contributed by atoms with Crippen LogP contribution in [0.2, 0.25) is 0 Å². The summed E-state index contributed by atoms with van der Waals surface area (Å²) in [6.07, 6.45) is 6.55. The lowest BCUT2D eigenvalue weighted by Crippen LogP contribution is -2.51. The Morgan fingerprint density at radius 3 is 2.48 bits per heavy atom. The van der Waals surface area contributed by atoms with Crippen molar-refractivity contribution in [1.29, 1.82) is 0 Å². The fourth-order valence-electron chi connectivity index (χ4n) is 3.68. The molecule has 1 aliphatic heterocycles. The Morgan fingerprint density at radius 1 is 1.14 bits per heavy atom. The SMILES string of the molecule is Cl.O=C(NC1CCCNC1)C1(c2ccccc2)CCCC1. The zero-order valence-electron chi connectivity index (χ0n) is 12.4. The van der Waals surface area contributed by atoms with Crippen LogP contribution in [0.1, 0.15) is 44.1 Å². The third-order valence-electron chi connectivity index (χ3n) is 4.85. The van der Waals surface area contributed by atoms with Crippen molar-refractivity contribution in [2.24, 2.45) is 0 Å². The topological polar surface area (TPSA) is 41.1 Å². The zero-order chi connectivity index (χ0) is 13.8. The number of carbonyl (C=O) groups excluding carboxylic acids is 1. The zero-order valence-corrected chi connectivity index (χ0v) is 13.3. The van der Waals surface area contributed by atoms with E-state index in [4.69, 9.17) is 0 Å². The van der Waals surface area contributed by atoms with E-state index in [-0.39, 0.29) is 23.7 Å². The number of halogens is 1. The molecule has 2 fully saturated rings. The molecule has 1 atom stereocenters. The van der Waals surface area contributed by atoms with Gasteiger partial charge in [-0.1, -0.05) is 43.2 Å². The van der Waals surface area contributed by atoms with Gasteiger partial charge >= 0.3 is 0 Å². The van der Waals surface area contributed by atoms with Crippen LogP contribution in [0.3, 0.4) is 0 Å². The van der Waals surface area contributed by atoms with E-state index in [1.54, 1.807) is 0 Å². The van der Waals surface area contributed by atoms with E-state index in [9.17, 15) is 4.79 Å². The van der Waals surface area contributed by atoms with Gasteiger partial charge in [0, 0.05) is 12.6 Å². The Labute approximate surface area is 133 Å². The molecule has 1 aromatic rings. The number of nitrogens with one attached hydrogen (secondary N) is 2. The number of piperidine rings is 1. The van der Waals surface area contributed by atoms with Crippen LogP contribution in [0.4, 0.5) is 0 Å². The molecule has 1 heterocycles. The molecule has 1 saturated heterocycles. The molecule has 1 amide bonds. The molecule has 2 N–H and O–H groups in total. The van der Waals surface area contributed by atoms with Crippen molar-refractivity contribution in [3.8, 4) is 0 Å². The van der Waals surface area contributed by atoms with E-state index in [0.717, 1.165) is 51.6 Å². The van der Waals surface area contributed by atoms with Crippen LogP contribution in [-0.2, 0) is 10.2 Å². The molecule has 1 aliphatic carbocycles. The highest BCUT2D eigenvalue weighted by molar-refractivity contribution is 5.88. The third-order valence-corrected chi connectivity index (χ3v) is 4.85. The van der Waals surface area contributed by atoms with Gasteiger partial charge in [0.05, 0.1) is 5.41 Å². The Morgan fingerprint density at radius 2 is 1.86 bits per heavy atom. The monoisotopic (exact) mass is 308 g/mol. The first-order valence-electron chi connectivity index (χ1n) is 7.88. The average molecular weight is 309 g/mol. The molecule has 0 spiro atoms. The summed E-state index contributed by atoms with van der Waals surface area (Å²) in [6.45, 7) is 1.99. The quantitative estimate of drug-likeness (QED) is 0.901. The van der Waals surface area contributed by atoms with Crippen molar-refractivity contribution in [3.05, 3.63) is 35.9 Å². The van der Waals surface area contributed by atoms with Crippen molar-refractivity contribution in [3.63, 3.8) is 0 Å². The predicted molar refractivity (Wildman–Crippen MR) is 87.9 cm³/mol. The van der Waals surface area contributed by atoms with Gasteiger partial charge in [-0.05, 0) is 37.8 Å². The number of benzene rings is 1. The average Bonchev–Trinajstić information content (AvgIpc) is 3.00. The van der Waals surface area contributed by atoms with Crippen molar-refractivity contribution in [2.75, 3.05) is 13.1 Å². The maximum absolute atomic E-state index is 12.9. The van der Waals surface area contributed by atoms with E-state index in [2.05, 4.69) is 22.8 Å². The van der Waals surface area contributed by atoms with Gasteiger partial charge in [0.15, 0.2) is 0 Å². The first kappa shape index (κ1) is 16.3. The van der Waals surface area contributed by atoms with Crippen LogP contribution in [0, 0.1) is 0 Å². The second kappa shape index (κ2) is 7.28. The van der Waals surface area contributed by atoms with Gasteiger partial charge in [-0.3, -0.25) is 4.79 Å². The van der Waals surface area contributed by atoms with E-state index in [0.29, 0.717) is 6.04 Å². The van der Waals surface area contributed by atoms with Crippen molar-refractivity contribution in [2.45, 2.75) is 50.0 Å². The van der Waals surface area contributed by atoms with Gasteiger partial charge in [0.25, 0.3) is 0 Å². The highest BCUT2D eigenvalue weighted by atomic mass is 35.5. The first-order valence-corrected chi connectivity index (χ1v) is 7.88. The Balaban J connectivity index is 0.00000161. The maximum atomic E-state index is 12.9. The minimum Gasteiger partial charge on any atom is -0.351 e. The summed E-state index contributed by atoms with van der Waals surface area (Å²) in [6, 6.07) is 10.6. The fraction of sp³-hybridized carbons (Fsp3) is 0.588. The minimum atomic E-state index is -0.279. The summed E-state index contributed by atoms with van der Waals surface area (Å²) < 4.78 is 0. The lowest BCUT2D eigenvalue weighted by atomic mass is 9.77. The number of carbonyl (C=O) groups is 1. The standard InChI is InChI=1S/C17H24N2O.ClH/c20-16(19-15-9-6-12-18-13-15)17(10-4-5-11-17)14-7-2-1-3-8-14;/h1-3,7-8,15,18H,4-6,9-13H2,(H,19,20);1H. The molecular formula is C17H25ClN2O. The molecule has 1 unspecified atom stereocenters. The largest absolute Gasteiger partial charge is 0.351 e. The highest BCUT2D eigenvalue weighted by Crippen LogP contribution is 2.41. The molecule has 0 radical (unpaired) electrons. The fourth-order valence-corrected chi connectivity index (χ4v) is 3.68. The number of hydrogen-bond acceptors (Lipinski definition) is 2. The number of amides is 1. The third kappa shape index (κ3) is 3.41. The molecule has 2 aliphatic rings. The number of hydrogen-bond donors (Lipinski definition) is 2. The lowest BCUT2D eigenvalue weighted by Gasteiger charge is -2.32. The summed E-state index contributed by atoms with van der Waals surface area (Å²) in [5.41, 5.74) is 0.914. The van der Waals surface area contributed by atoms with E-state index in [1.807, 2.05) is 18.2 Å². The highest BCUT2D eigenvalue weighted by Gasteiger charge is 2.43. The summed E-state index contributed by atoms with van der Waals surface area (Å²) in [5, 5.41) is 6.67. The molecule has 116 valence electrons. The maximum Gasteiger partial charge on any atom is 0.230 e. The smallest absolute Gasteiger partial charge is 0.230 e. The molecule has 0 bridgehead atoms. The van der Waals surface area contributed by atoms with Gasteiger partial charge < -0.3 is 10.6 Å². The molecule has 1 saturated carbocycles. The van der Waals surface area contributed by atoms with Crippen LogP contribution in [0.15, 0.2) is 30.3 Å². The van der Waals surface area contributed by atoms with Crippen molar-refractivity contribution >= 4 is 18.3 Å². The van der Waals surface area contributed by atoms with Crippen molar-refractivity contribution < 1.29 is 4.79 Å². The molecule has 1 aromatic carbocycles. The lowest BCUT2D eigenvalue weighted by molar-refractivity contribution is -0.127. The van der Waals surface area contributed by atoms with Crippen LogP contribution >= 0.6 is 12.4 Å². The summed E-state index contributed by atoms with van der Waals surface area (Å²) >= 11 is 0. The van der Waals surface area contributed by atoms with E-state index in [1.165, 1.54) is 5.56 Å². The first-order chi connectivity index (χ1) is 9.81. The Hall–Kier alpha value is -1.06. The normalized spacial score (nSPS) is 24.1. The predicted octanol–water partition coefficient (Wildman–Crippen LogP) is 2.79. The van der Waals surface area contributed by atoms with Gasteiger partial charge in [0.2, 0.25) is 5.91 Å². The van der Waals surface area contributed by atoms with Crippen LogP contribution in [0.25, 0.3) is 0 Å². The summed E-state index contributed by atoms with van der Waals surface area (Å²) in [5.74, 6) is 0.245. The second-order valence-electron chi connectivity index (χ2n) is 6.17. The van der Waals surface area contributed by atoms with Gasteiger partial charge in [-0.2, -0.15) is 0 Å². The summed E-state index contributed by atoms with van der Waals surface area (Å²) in [4.78, 5) is 12.9. The van der Waals surface area contributed by atoms with Crippen molar-refractivity contribution in [1.82, 2.24) is 10.6 Å². The van der Waals surface area contributed by atoms with Crippen LogP contribution in [0.5, 0.6) is 0 Å². The molecule has 21 heavy (non-hydrogen) atoms. The molecule has 3 nitrogen and oxygen atoms in total. The van der Waals surface area contributed by atoms with E-state index >= 15 is 0 Å². The molecule has 0 aromatic heterocycles. The van der Waals surface area contributed by atoms with Crippen LogP contribution in [-0.4, -0.2) is 25.0 Å². The van der Waals surface area contributed by atoms with Crippen LogP contribution < -0.4 is 10.6 Å². The van der Waals surface area contributed by atoms with Gasteiger partial charge in [-0.25, -0.2) is 0 Å². The number of rotatable bonds is 3. The minimum absolute atomic E-state index is 0. The second-order valence-corrected chi connectivity index (χ2v) is 6.17. The Bertz CT molecular complexity index is 451. The van der Waals surface area contributed by atoms with Gasteiger partial charge in [-0.15, -0.1) is 12.4 Å². The van der Waals surface area contributed by atoms with Gasteiger partial charge in [0.1, 0.15) is 0 Å². The Kier molecular flexibility index (Phi) is 5.65. The summed E-state index contributed by atoms with van der Waals surface area (Å²) in [7, 11) is 0. The van der Waals surface area contributed by atoms with E-state index < -0.39 is 0 Å².